The van der Waals surface area contributed by atoms with Crippen LogP contribution >= 0.6 is 0 Å². The van der Waals surface area contributed by atoms with Gasteiger partial charge in [-0.3, -0.25) is 0 Å². The van der Waals surface area contributed by atoms with Crippen molar-refractivity contribution >= 4 is 32.3 Å². The summed E-state index contributed by atoms with van der Waals surface area (Å²) in [5, 5.41) is 7.31. The van der Waals surface area contributed by atoms with Gasteiger partial charge in [0.25, 0.3) is 0 Å². The third-order valence-electron chi connectivity index (χ3n) is 12.1. The lowest BCUT2D eigenvalue weighted by molar-refractivity contribution is 0.666. The van der Waals surface area contributed by atoms with Crippen molar-refractivity contribution in [2.24, 2.45) is 0 Å². The fourth-order valence-electron chi connectivity index (χ4n) is 9.29. The minimum absolute atomic E-state index is 0.0630. The zero-order chi connectivity index (χ0) is 38.1. The van der Waals surface area contributed by atoms with Crippen LogP contribution in [0, 0.1) is 0 Å². The minimum atomic E-state index is -0.0630. The Morgan fingerprint density at radius 1 is 0.333 bits per heavy atom. The van der Waals surface area contributed by atoms with E-state index in [-0.39, 0.29) is 5.41 Å². The molecule has 9 aromatic carbocycles. The molecule has 11 rings (SSSR count). The van der Waals surface area contributed by atoms with Gasteiger partial charge in [0, 0.05) is 22.1 Å². The number of nitrogens with zero attached hydrogens (tertiary/aromatic N) is 2. The molecule has 0 bridgehead atoms. The molecular weight excluding hydrogens is 689 g/mol. The zero-order valence-corrected chi connectivity index (χ0v) is 31.9. The second-order valence-electron chi connectivity index (χ2n) is 15.7. The van der Waals surface area contributed by atoms with Crippen LogP contribution in [0.3, 0.4) is 0 Å². The van der Waals surface area contributed by atoms with Gasteiger partial charge in [-0.2, -0.15) is 0 Å². The summed E-state index contributed by atoms with van der Waals surface area (Å²) < 4.78 is 0. The highest BCUT2D eigenvalue weighted by Crippen LogP contribution is 2.52. The first-order valence-electron chi connectivity index (χ1n) is 19.7. The van der Waals surface area contributed by atoms with Gasteiger partial charge in [-0.25, -0.2) is 9.97 Å². The number of hydrogen-bond donors (Lipinski definition) is 0. The van der Waals surface area contributed by atoms with Crippen molar-refractivity contribution in [3.8, 4) is 67.3 Å². The van der Waals surface area contributed by atoms with E-state index in [1.54, 1.807) is 0 Å². The fraction of sp³-hybridized carbons (Fsp3) is 0.0545. The van der Waals surface area contributed by atoms with Gasteiger partial charge < -0.3 is 0 Å². The lowest BCUT2D eigenvalue weighted by atomic mass is 9.80. The molecule has 10 aromatic rings. The molecule has 0 fully saturated rings. The first-order chi connectivity index (χ1) is 28.0. The highest BCUT2D eigenvalue weighted by atomic mass is 14.9. The van der Waals surface area contributed by atoms with E-state index in [0.29, 0.717) is 5.82 Å². The van der Waals surface area contributed by atoms with Crippen LogP contribution in [0.2, 0.25) is 0 Å². The third kappa shape index (κ3) is 5.40. The molecule has 0 spiro atoms. The molecule has 0 saturated heterocycles. The second kappa shape index (κ2) is 13.0. The van der Waals surface area contributed by atoms with Crippen molar-refractivity contribution in [3.63, 3.8) is 0 Å². The van der Waals surface area contributed by atoms with Gasteiger partial charge in [0.05, 0.1) is 11.4 Å². The lowest BCUT2D eigenvalue weighted by Gasteiger charge is -2.23. The lowest BCUT2D eigenvalue weighted by Crippen LogP contribution is -2.15. The largest absolute Gasteiger partial charge is 0.228 e. The fourth-order valence-corrected chi connectivity index (χ4v) is 9.29. The summed E-state index contributed by atoms with van der Waals surface area (Å²) in [5.74, 6) is 0.715. The molecule has 0 unspecified atom stereocenters. The van der Waals surface area contributed by atoms with Crippen LogP contribution in [0.5, 0.6) is 0 Å². The van der Waals surface area contributed by atoms with E-state index in [9.17, 15) is 0 Å². The predicted octanol–water partition coefficient (Wildman–Crippen LogP) is 14.6. The molecule has 268 valence electrons. The molecule has 1 aromatic heterocycles. The Labute approximate surface area is 332 Å². The third-order valence-corrected chi connectivity index (χ3v) is 12.1. The average Bonchev–Trinajstić information content (AvgIpc) is 3.51. The number of rotatable bonds is 5. The first kappa shape index (κ1) is 33.2. The Kier molecular flexibility index (Phi) is 7.55. The maximum atomic E-state index is 5.30. The zero-order valence-electron chi connectivity index (χ0n) is 31.9. The van der Waals surface area contributed by atoms with E-state index < -0.39 is 0 Å². The van der Waals surface area contributed by atoms with Crippen LogP contribution in [0.1, 0.15) is 25.0 Å². The van der Waals surface area contributed by atoms with Gasteiger partial charge in [-0.1, -0.05) is 190 Å². The van der Waals surface area contributed by atoms with Crippen molar-refractivity contribution in [2.75, 3.05) is 0 Å². The number of benzene rings is 9. The highest BCUT2D eigenvalue weighted by Gasteiger charge is 2.37. The van der Waals surface area contributed by atoms with Gasteiger partial charge >= 0.3 is 0 Å². The molecule has 1 heterocycles. The smallest absolute Gasteiger partial charge is 0.161 e. The summed E-state index contributed by atoms with van der Waals surface area (Å²) in [6, 6.07) is 70.1. The maximum absolute atomic E-state index is 5.30. The monoisotopic (exact) mass is 726 g/mol. The van der Waals surface area contributed by atoms with Crippen LogP contribution in [-0.4, -0.2) is 9.97 Å². The Hall–Kier alpha value is -7.16. The van der Waals surface area contributed by atoms with E-state index in [1.165, 1.54) is 71.4 Å². The van der Waals surface area contributed by atoms with Crippen LogP contribution in [0.25, 0.3) is 99.6 Å². The standard InChI is InChI=1S/C55H38N2/c1-55(2)50-32-28-40(33-49(50)47-29-27-37-14-7-9-19-43(37)53(47)55)35-23-25-38(26-24-35)42-30-31-48(45-21-11-10-20-44(42)45)54-56-51(39-15-4-3-5-16-39)34-52(57-54)46-22-12-17-36-13-6-8-18-41(36)46/h3-34H,1-2H3. The molecular formula is C55H38N2. The minimum Gasteiger partial charge on any atom is -0.228 e. The van der Waals surface area contributed by atoms with Gasteiger partial charge in [-0.05, 0) is 95.0 Å². The Bertz CT molecular complexity index is 3190. The molecule has 57 heavy (non-hydrogen) atoms. The van der Waals surface area contributed by atoms with E-state index >= 15 is 0 Å². The van der Waals surface area contributed by atoms with Crippen LogP contribution < -0.4 is 0 Å². The van der Waals surface area contributed by atoms with E-state index in [2.05, 4.69) is 202 Å². The molecule has 0 atom stereocenters. The van der Waals surface area contributed by atoms with E-state index in [0.717, 1.165) is 33.5 Å². The van der Waals surface area contributed by atoms with Gasteiger partial charge in [0.1, 0.15) is 0 Å². The van der Waals surface area contributed by atoms with Crippen LogP contribution in [0.4, 0.5) is 0 Å². The van der Waals surface area contributed by atoms with E-state index in [1.807, 2.05) is 6.07 Å². The molecule has 0 saturated carbocycles. The second-order valence-corrected chi connectivity index (χ2v) is 15.7. The summed E-state index contributed by atoms with van der Waals surface area (Å²) in [6.45, 7) is 4.73. The van der Waals surface area contributed by atoms with Crippen molar-refractivity contribution < 1.29 is 0 Å². The summed E-state index contributed by atoms with van der Waals surface area (Å²) in [7, 11) is 0. The molecule has 0 aliphatic heterocycles. The van der Waals surface area contributed by atoms with E-state index in [4.69, 9.17) is 9.97 Å². The Balaban J connectivity index is 0.994. The van der Waals surface area contributed by atoms with Crippen LogP contribution in [-0.2, 0) is 5.41 Å². The Morgan fingerprint density at radius 2 is 0.912 bits per heavy atom. The normalized spacial score (nSPS) is 12.9. The molecule has 2 heteroatoms. The Morgan fingerprint density at radius 3 is 1.70 bits per heavy atom. The molecule has 1 aliphatic carbocycles. The molecule has 0 amide bonds. The van der Waals surface area contributed by atoms with Crippen molar-refractivity contribution in [1.82, 2.24) is 9.97 Å². The predicted molar refractivity (Wildman–Crippen MR) is 239 cm³/mol. The molecule has 0 radical (unpaired) electrons. The molecule has 1 aliphatic rings. The van der Waals surface area contributed by atoms with Crippen molar-refractivity contribution in [1.29, 1.82) is 0 Å². The maximum Gasteiger partial charge on any atom is 0.161 e. The summed E-state index contributed by atoms with van der Waals surface area (Å²) in [6.07, 6.45) is 0. The molecule has 2 nitrogen and oxygen atoms in total. The van der Waals surface area contributed by atoms with Crippen molar-refractivity contribution in [2.45, 2.75) is 19.3 Å². The quantitative estimate of drug-likeness (QED) is 0.176. The summed E-state index contributed by atoms with van der Waals surface area (Å²) in [4.78, 5) is 10.5. The number of hydrogen-bond acceptors (Lipinski definition) is 2. The first-order valence-corrected chi connectivity index (χ1v) is 19.7. The number of fused-ring (bicyclic) bond motifs is 7. The average molecular weight is 727 g/mol. The van der Waals surface area contributed by atoms with Gasteiger partial charge in [0.2, 0.25) is 0 Å². The van der Waals surface area contributed by atoms with Gasteiger partial charge in [0.15, 0.2) is 5.82 Å². The topological polar surface area (TPSA) is 25.8 Å². The van der Waals surface area contributed by atoms with Gasteiger partial charge in [-0.15, -0.1) is 0 Å². The highest BCUT2D eigenvalue weighted by molar-refractivity contribution is 6.05. The van der Waals surface area contributed by atoms with Crippen molar-refractivity contribution in [3.05, 3.63) is 205 Å². The van der Waals surface area contributed by atoms with Crippen LogP contribution in [0.15, 0.2) is 194 Å². The SMILES string of the molecule is CC1(C)c2ccc(-c3ccc(-c4ccc(-c5nc(-c6ccccc6)cc(-c6cccc7ccccc67)n5)c5ccccc45)cc3)cc2-c2ccc3ccccc3c21. The molecule has 0 N–H and O–H groups in total. The summed E-state index contributed by atoms with van der Waals surface area (Å²) >= 11 is 0. The summed E-state index contributed by atoms with van der Waals surface area (Å²) in [5.41, 5.74) is 15.2. The number of aromatic nitrogens is 2.